The molecule has 0 spiro atoms. The van der Waals surface area contributed by atoms with Crippen molar-refractivity contribution >= 4 is 0 Å². The van der Waals surface area contributed by atoms with Crippen LogP contribution in [0.5, 0.6) is 34.5 Å². The summed E-state index contributed by atoms with van der Waals surface area (Å²) in [6.45, 7) is -0.403. The van der Waals surface area contributed by atoms with Crippen molar-refractivity contribution in [1.29, 1.82) is 0 Å². The largest absolute Gasteiger partial charge is 0.504 e. The van der Waals surface area contributed by atoms with Crippen LogP contribution < -0.4 is 14.2 Å². The molecule has 0 bridgehead atoms. The number of hydrogen-bond donors (Lipinski definition) is 7. The highest BCUT2D eigenvalue weighted by Gasteiger charge is 2.44. The van der Waals surface area contributed by atoms with Gasteiger partial charge in [-0.05, 0) is 60.1 Å². The van der Waals surface area contributed by atoms with Gasteiger partial charge in [-0.3, -0.25) is 0 Å². The van der Waals surface area contributed by atoms with Crippen molar-refractivity contribution in [2.45, 2.75) is 43.5 Å². The van der Waals surface area contributed by atoms with Gasteiger partial charge in [0.2, 0.25) is 11.5 Å². The summed E-state index contributed by atoms with van der Waals surface area (Å²) in [5.74, 6) is -1.06. The second kappa shape index (κ2) is 14.7. The fraction of sp³-hybridized carbons (Fsp3) is 0.571. The molecule has 2 aromatic rings. The van der Waals surface area contributed by atoms with Crippen LogP contribution in [-0.2, 0) is 27.1 Å². The van der Waals surface area contributed by atoms with E-state index in [1.807, 2.05) is 0 Å². The van der Waals surface area contributed by atoms with Crippen molar-refractivity contribution in [3.05, 3.63) is 35.4 Å². The summed E-state index contributed by atoms with van der Waals surface area (Å²) in [7, 11) is 5.74. The van der Waals surface area contributed by atoms with Crippen LogP contribution in [0.2, 0.25) is 0 Å². The zero-order valence-electron chi connectivity index (χ0n) is 23.5. The van der Waals surface area contributed by atoms with E-state index >= 15 is 0 Å². The number of phenols is 3. The Morgan fingerprint density at radius 3 is 1.73 bits per heavy atom. The Morgan fingerprint density at radius 2 is 1.22 bits per heavy atom. The van der Waals surface area contributed by atoms with Crippen molar-refractivity contribution in [2.75, 3.05) is 48.3 Å². The molecule has 41 heavy (non-hydrogen) atoms. The van der Waals surface area contributed by atoms with Crippen LogP contribution in [0.15, 0.2) is 24.3 Å². The van der Waals surface area contributed by atoms with Gasteiger partial charge >= 0.3 is 0 Å². The van der Waals surface area contributed by atoms with Crippen molar-refractivity contribution in [2.24, 2.45) is 11.8 Å². The fourth-order valence-corrected chi connectivity index (χ4v) is 4.95. The van der Waals surface area contributed by atoms with E-state index in [0.29, 0.717) is 12.0 Å². The highest BCUT2D eigenvalue weighted by atomic mass is 16.7. The van der Waals surface area contributed by atoms with E-state index in [-0.39, 0.29) is 60.2 Å². The lowest BCUT2D eigenvalue weighted by molar-refractivity contribution is -0.304. The van der Waals surface area contributed by atoms with Gasteiger partial charge in [0.15, 0.2) is 29.3 Å². The van der Waals surface area contributed by atoms with Crippen LogP contribution in [-0.4, -0.2) is 115 Å². The quantitative estimate of drug-likeness (QED) is 0.150. The number of aliphatic hydroxyl groups is 4. The van der Waals surface area contributed by atoms with Crippen LogP contribution in [0.3, 0.4) is 0 Å². The second-order valence-corrected chi connectivity index (χ2v) is 9.93. The molecule has 0 aliphatic carbocycles. The molecular formula is C28H40O13. The number of ether oxygens (including phenoxy) is 6. The van der Waals surface area contributed by atoms with Crippen LogP contribution in [0.1, 0.15) is 11.1 Å². The minimum Gasteiger partial charge on any atom is -0.504 e. The molecule has 2 aromatic carbocycles. The van der Waals surface area contributed by atoms with Crippen molar-refractivity contribution in [3.63, 3.8) is 0 Å². The first-order valence-corrected chi connectivity index (χ1v) is 13.0. The number of rotatable bonds is 14. The Hall–Kier alpha value is -3.04. The number of aromatic hydroxyl groups is 3. The van der Waals surface area contributed by atoms with E-state index < -0.39 is 43.1 Å². The first-order chi connectivity index (χ1) is 19.6. The maximum absolute atomic E-state index is 10.5. The summed E-state index contributed by atoms with van der Waals surface area (Å²) in [4.78, 5) is 0. The second-order valence-electron chi connectivity index (χ2n) is 9.93. The molecule has 0 unspecified atom stereocenters. The summed E-state index contributed by atoms with van der Waals surface area (Å²) < 4.78 is 32.7. The van der Waals surface area contributed by atoms with Crippen LogP contribution in [0.4, 0.5) is 0 Å². The van der Waals surface area contributed by atoms with Gasteiger partial charge < -0.3 is 64.2 Å². The maximum atomic E-state index is 10.5. The summed E-state index contributed by atoms with van der Waals surface area (Å²) >= 11 is 0. The van der Waals surface area contributed by atoms with E-state index in [1.54, 1.807) is 18.2 Å². The number of phenolic OH excluding ortho intramolecular Hbond substituents is 3. The molecule has 0 saturated carbocycles. The molecule has 0 aromatic heterocycles. The van der Waals surface area contributed by atoms with Gasteiger partial charge in [-0.1, -0.05) is 0 Å². The average molecular weight is 585 g/mol. The number of aliphatic hydroxyl groups excluding tert-OH is 4. The Labute approximate surface area is 238 Å². The topological polar surface area (TPSA) is 197 Å². The number of methoxy groups -OCH3 is 4. The smallest absolute Gasteiger partial charge is 0.200 e. The maximum Gasteiger partial charge on any atom is 0.200 e. The van der Waals surface area contributed by atoms with Crippen molar-refractivity contribution in [3.8, 4) is 34.5 Å². The van der Waals surface area contributed by atoms with Crippen molar-refractivity contribution < 1.29 is 64.2 Å². The molecule has 13 heteroatoms. The highest BCUT2D eigenvalue weighted by Crippen LogP contribution is 2.40. The monoisotopic (exact) mass is 584 g/mol. The molecule has 1 aliphatic heterocycles. The van der Waals surface area contributed by atoms with Crippen LogP contribution in [0, 0.1) is 11.8 Å². The van der Waals surface area contributed by atoms with Crippen LogP contribution in [0.25, 0.3) is 0 Å². The summed E-state index contributed by atoms with van der Waals surface area (Å²) in [6, 6.07) is 6.32. The molecule has 7 N–H and O–H groups in total. The van der Waals surface area contributed by atoms with Gasteiger partial charge in [0.1, 0.15) is 24.4 Å². The normalized spacial score (nSPS) is 24.0. The summed E-state index contributed by atoms with van der Waals surface area (Å²) in [5, 5.41) is 71.0. The Morgan fingerprint density at radius 1 is 0.707 bits per heavy atom. The Bertz CT molecular complexity index is 1100. The van der Waals surface area contributed by atoms with E-state index in [4.69, 9.17) is 28.4 Å². The lowest BCUT2D eigenvalue weighted by atomic mass is 9.83. The molecule has 230 valence electrons. The molecule has 1 heterocycles. The molecule has 1 aliphatic rings. The third-order valence-corrected chi connectivity index (χ3v) is 7.24. The van der Waals surface area contributed by atoms with Crippen LogP contribution >= 0.6 is 0 Å². The fourth-order valence-electron chi connectivity index (χ4n) is 4.95. The molecular weight excluding hydrogens is 544 g/mol. The van der Waals surface area contributed by atoms with Gasteiger partial charge in [0.25, 0.3) is 0 Å². The molecule has 1 fully saturated rings. The molecule has 7 atom stereocenters. The molecule has 13 nitrogen and oxygen atoms in total. The third-order valence-electron chi connectivity index (χ3n) is 7.24. The minimum atomic E-state index is -1.60. The van der Waals surface area contributed by atoms with E-state index in [0.717, 1.165) is 5.56 Å². The summed E-state index contributed by atoms with van der Waals surface area (Å²) in [6.07, 6.45) is -6.53. The average Bonchev–Trinajstić information content (AvgIpc) is 2.97. The number of hydrogen-bond acceptors (Lipinski definition) is 13. The van der Waals surface area contributed by atoms with Crippen molar-refractivity contribution in [1.82, 2.24) is 0 Å². The Balaban J connectivity index is 1.94. The van der Waals surface area contributed by atoms with Gasteiger partial charge in [0.05, 0.1) is 34.5 Å². The zero-order valence-corrected chi connectivity index (χ0v) is 23.5. The van der Waals surface area contributed by atoms with Gasteiger partial charge in [-0.25, -0.2) is 0 Å². The predicted octanol–water partition coefficient (Wildman–Crippen LogP) is 0.310. The van der Waals surface area contributed by atoms with Gasteiger partial charge in [-0.15, -0.1) is 0 Å². The molecule has 3 rings (SSSR count). The van der Waals surface area contributed by atoms with Gasteiger partial charge in [-0.2, -0.15) is 0 Å². The third kappa shape index (κ3) is 7.63. The molecule has 0 radical (unpaired) electrons. The SMILES string of the molecule is COC[C@H](Cc1cc(OC)c(O)c(OC)c1)[C@H](CO[C@@H]1O[C@H](CO)[C@H](O)[C@H](O)[C@H]1O)Cc1cc(O)c(O)c(OC)c1. The molecule has 1 saturated heterocycles. The number of benzene rings is 2. The summed E-state index contributed by atoms with van der Waals surface area (Å²) in [5.41, 5.74) is 1.35. The molecule has 0 amide bonds. The first kappa shape index (κ1) is 32.5. The first-order valence-electron chi connectivity index (χ1n) is 13.0. The lowest BCUT2D eigenvalue weighted by Crippen LogP contribution is -2.59. The highest BCUT2D eigenvalue weighted by molar-refractivity contribution is 5.53. The standard InChI is InChI=1S/C28H40O13/c1-36-12-16(6-15-9-20(38-3)24(32)21(10-15)39-4)17(5-14-7-18(30)23(31)19(8-14)37-2)13-40-28-27(35)26(34)25(33)22(11-29)41-28/h7-10,16-17,22,25-35H,5-6,11-13H2,1-4H3/t16-,17-,22+,25-,26-,27+,28+/m0/s1. The van der Waals surface area contributed by atoms with E-state index in [1.165, 1.54) is 34.5 Å². The predicted molar refractivity (Wildman–Crippen MR) is 144 cm³/mol. The zero-order chi connectivity index (χ0) is 30.3. The minimum absolute atomic E-state index is 0.0486. The van der Waals surface area contributed by atoms with Gasteiger partial charge in [0, 0.05) is 13.7 Å². The van der Waals surface area contributed by atoms with E-state index in [9.17, 15) is 35.7 Å². The Kier molecular flexibility index (Phi) is 11.7. The lowest BCUT2D eigenvalue weighted by Gasteiger charge is -2.40. The van der Waals surface area contributed by atoms with E-state index in [2.05, 4.69) is 0 Å².